The van der Waals surface area contributed by atoms with Crippen molar-refractivity contribution in [2.45, 2.75) is 52.6 Å². The Labute approximate surface area is 173 Å². The van der Waals surface area contributed by atoms with E-state index in [9.17, 15) is 5.26 Å². The van der Waals surface area contributed by atoms with Gasteiger partial charge in [-0.1, -0.05) is 24.3 Å². The first-order valence-corrected chi connectivity index (χ1v) is 10.4. The van der Waals surface area contributed by atoms with Gasteiger partial charge in [-0.2, -0.15) is 10.4 Å². The van der Waals surface area contributed by atoms with Crippen molar-refractivity contribution in [3.63, 3.8) is 0 Å². The van der Waals surface area contributed by atoms with Gasteiger partial charge in [-0.3, -0.25) is 4.68 Å². The van der Waals surface area contributed by atoms with E-state index < -0.39 is 0 Å². The number of aryl methyl sites for hydroxylation is 1. The van der Waals surface area contributed by atoms with Crippen molar-refractivity contribution in [1.29, 1.82) is 5.26 Å². The lowest BCUT2D eigenvalue weighted by Gasteiger charge is -2.40. The lowest BCUT2D eigenvalue weighted by molar-refractivity contribution is 0.201. The Bertz CT molecular complexity index is 1070. The van der Waals surface area contributed by atoms with Gasteiger partial charge in [-0.25, -0.2) is 5.01 Å². The summed E-state index contributed by atoms with van der Waals surface area (Å²) >= 11 is 0. The predicted molar refractivity (Wildman–Crippen MR) is 118 cm³/mol. The molecule has 0 radical (unpaired) electrons. The molecular weight excluding hydrogens is 358 g/mol. The normalized spacial score (nSPS) is 15.6. The van der Waals surface area contributed by atoms with E-state index in [0.29, 0.717) is 0 Å². The zero-order valence-corrected chi connectivity index (χ0v) is 17.8. The topological polar surface area (TPSA) is 48.1 Å². The molecule has 1 fully saturated rings. The van der Waals surface area contributed by atoms with E-state index in [1.807, 2.05) is 18.2 Å². The molecule has 0 amide bonds. The van der Waals surface area contributed by atoms with Crippen molar-refractivity contribution in [2.24, 2.45) is 0 Å². The summed E-state index contributed by atoms with van der Waals surface area (Å²) in [5.41, 5.74) is 4.17. The Hall–Kier alpha value is -2.84. The lowest BCUT2D eigenvalue weighted by Crippen LogP contribution is -2.47. The molecule has 29 heavy (non-hydrogen) atoms. The molecule has 1 aliphatic rings. The van der Waals surface area contributed by atoms with E-state index in [0.717, 1.165) is 41.7 Å². The molecule has 5 heteroatoms. The average Bonchev–Trinajstić information content (AvgIpc) is 3.08. The first kappa shape index (κ1) is 19.5. The standard InChI is InChI=1S/C24H29N5/c1-18-15-20(26-29(18)24(2,3)4)17-27-13-7-8-14-28(27)23-12-11-19(16-25)21-9-5-6-10-22(21)23/h5-6,9-12,15H,7-8,13-14,17H2,1-4H3. The van der Waals surface area contributed by atoms with Gasteiger partial charge in [0.15, 0.2) is 0 Å². The fourth-order valence-corrected chi connectivity index (χ4v) is 4.34. The quantitative estimate of drug-likeness (QED) is 0.635. The number of nitrogens with zero attached hydrogens (tertiary/aromatic N) is 5. The van der Waals surface area contributed by atoms with Crippen molar-refractivity contribution in [3.8, 4) is 6.07 Å². The van der Waals surface area contributed by atoms with E-state index in [2.05, 4.69) is 72.7 Å². The SMILES string of the molecule is Cc1cc(CN2CCCCN2c2ccc(C#N)c3ccccc23)nn1C(C)(C)C. The molecule has 1 aromatic heterocycles. The number of nitriles is 1. The Kier molecular flexibility index (Phi) is 5.06. The molecule has 0 saturated carbocycles. The number of hydrogen-bond acceptors (Lipinski definition) is 4. The number of benzene rings is 2. The number of hydrogen-bond donors (Lipinski definition) is 0. The molecule has 0 N–H and O–H groups in total. The Morgan fingerprint density at radius 1 is 1.03 bits per heavy atom. The van der Waals surface area contributed by atoms with Gasteiger partial charge in [-0.05, 0) is 58.7 Å². The minimum atomic E-state index is -0.0206. The van der Waals surface area contributed by atoms with Gasteiger partial charge >= 0.3 is 0 Å². The van der Waals surface area contributed by atoms with Gasteiger partial charge in [-0.15, -0.1) is 0 Å². The van der Waals surface area contributed by atoms with Crippen molar-refractivity contribution in [2.75, 3.05) is 18.1 Å². The van der Waals surface area contributed by atoms with Crippen molar-refractivity contribution >= 4 is 16.5 Å². The number of hydrazine groups is 1. The highest BCUT2D eigenvalue weighted by molar-refractivity contribution is 5.97. The number of rotatable bonds is 3. The molecule has 150 valence electrons. The van der Waals surface area contributed by atoms with Gasteiger partial charge in [0.05, 0.1) is 35.1 Å². The average molecular weight is 388 g/mol. The van der Waals surface area contributed by atoms with Crippen LogP contribution in [0.4, 0.5) is 5.69 Å². The summed E-state index contributed by atoms with van der Waals surface area (Å²) in [5.74, 6) is 0. The van der Waals surface area contributed by atoms with Crippen LogP contribution in [-0.2, 0) is 12.1 Å². The highest BCUT2D eigenvalue weighted by Crippen LogP contribution is 2.32. The molecule has 4 rings (SSSR count). The van der Waals surface area contributed by atoms with Gasteiger partial charge < -0.3 is 5.01 Å². The smallest absolute Gasteiger partial charge is 0.0998 e. The second kappa shape index (κ2) is 7.53. The molecule has 0 atom stereocenters. The molecule has 5 nitrogen and oxygen atoms in total. The Morgan fingerprint density at radius 3 is 2.45 bits per heavy atom. The van der Waals surface area contributed by atoms with Crippen LogP contribution in [0, 0.1) is 18.3 Å². The van der Waals surface area contributed by atoms with Crippen molar-refractivity contribution < 1.29 is 0 Å². The third kappa shape index (κ3) is 3.73. The van der Waals surface area contributed by atoms with Crippen LogP contribution in [0.2, 0.25) is 0 Å². The molecular formula is C24H29N5. The van der Waals surface area contributed by atoms with Crippen LogP contribution in [0.3, 0.4) is 0 Å². The second-order valence-electron chi connectivity index (χ2n) is 8.87. The third-order valence-electron chi connectivity index (χ3n) is 5.60. The summed E-state index contributed by atoms with van der Waals surface area (Å²) in [5, 5.41) is 21.3. The first-order valence-electron chi connectivity index (χ1n) is 10.4. The van der Waals surface area contributed by atoms with Gasteiger partial charge in [0.25, 0.3) is 0 Å². The molecule has 1 saturated heterocycles. The maximum atomic E-state index is 9.49. The van der Waals surface area contributed by atoms with Gasteiger partial charge in [0.1, 0.15) is 0 Å². The summed E-state index contributed by atoms with van der Waals surface area (Å²) in [7, 11) is 0. The summed E-state index contributed by atoms with van der Waals surface area (Å²) < 4.78 is 2.12. The molecule has 0 unspecified atom stereocenters. The van der Waals surface area contributed by atoms with E-state index in [-0.39, 0.29) is 5.54 Å². The highest BCUT2D eigenvalue weighted by Gasteiger charge is 2.25. The molecule has 2 aromatic carbocycles. The molecule has 1 aliphatic heterocycles. The van der Waals surface area contributed by atoms with Crippen LogP contribution in [0.25, 0.3) is 10.8 Å². The summed E-state index contributed by atoms with van der Waals surface area (Å²) in [6.45, 7) is 11.5. The minimum Gasteiger partial charge on any atom is -0.305 e. The van der Waals surface area contributed by atoms with Crippen LogP contribution < -0.4 is 5.01 Å². The monoisotopic (exact) mass is 387 g/mol. The lowest BCUT2D eigenvalue weighted by atomic mass is 10.0. The first-order chi connectivity index (χ1) is 13.9. The molecule has 3 aromatic rings. The van der Waals surface area contributed by atoms with E-state index in [4.69, 9.17) is 5.10 Å². The van der Waals surface area contributed by atoms with E-state index in [1.165, 1.54) is 24.2 Å². The molecule has 0 bridgehead atoms. The zero-order chi connectivity index (χ0) is 20.6. The number of aromatic nitrogens is 2. The fraction of sp³-hybridized carbons (Fsp3) is 0.417. The van der Waals surface area contributed by atoms with Crippen LogP contribution in [0.15, 0.2) is 42.5 Å². The summed E-state index contributed by atoms with van der Waals surface area (Å²) in [4.78, 5) is 0. The second-order valence-corrected chi connectivity index (χ2v) is 8.87. The highest BCUT2D eigenvalue weighted by atomic mass is 15.6. The number of fused-ring (bicyclic) bond motifs is 1. The molecule has 0 spiro atoms. The van der Waals surface area contributed by atoms with E-state index >= 15 is 0 Å². The summed E-state index contributed by atoms with van der Waals surface area (Å²) in [6.07, 6.45) is 2.35. The Morgan fingerprint density at radius 2 is 1.76 bits per heavy atom. The predicted octanol–water partition coefficient (Wildman–Crippen LogP) is 4.99. The van der Waals surface area contributed by atoms with Gasteiger partial charge in [0.2, 0.25) is 0 Å². The summed E-state index contributed by atoms with van der Waals surface area (Å²) in [6, 6.07) is 16.8. The fourth-order valence-electron chi connectivity index (χ4n) is 4.34. The van der Waals surface area contributed by atoms with Crippen LogP contribution in [0.1, 0.15) is 50.6 Å². The zero-order valence-electron chi connectivity index (χ0n) is 17.8. The van der Waals surface area contributed by atoms with Crippen LogP contribution in [-0.4, -0.2) is 27.9 Å². The molecule has 2 heterocycles. The largest absolute Gasteiger partial charge is 0.305 e. The molecule has 0 aliphatic carbocycles. The van der Waals surface area contributed by atoms with Crippen LogP contribution in [0.5, 0.6) is 0 Å². The maximum absolute atomic E-state index is 9.49. The maximum Gasteiger partial charge on any atom is 0.0998 e. The Balaban J connectivity index is 1.69. The third-order valence-corrected chi connectivity index (χ3v) is 5.60. The van der Waals surface area contributed by atoms with E-state index in [1.54, 1.807) is 0 Å². The van der Waals surface area contributed by atoms with Crippen molar-refractivity contribution in [1.82, 2.24) is 14.8 Å². The van der Waals surface area contributed by atoms with Crippen molar-refractivity contribution in [3.05, 3.63) is 59.4 Å². The van der Waals surface area contributed by atoms with Crippen LogP contribution >= 0.6 is 0 Å². The minimum absolute atomic E-state index is 0.0206. The number of anilines is 1. The van der Waals surface area contributed by atoms with Gasteiger partial charge in [0, 0.05) is 29.6 Å².